The summed E-state index contributed by atoms with van der Waals surface area (Å²) >= 11 is 0. The van der Waals surface area contributed by atoms with Crippen LogP contribution in [0, 0.1) is 5.92 Å². The van der Waals surface area contributed by atoms with E-state index in [1.807, 2.05) is 26.8 Å². The maximum Gasteiger partial charge on any atom is 0.410 e. The third-order valence-corrected chi connectivity index (χ3v) is 3.47. The maximum absolute atomic E-state index is 11.8. The average Bonchev–Trinajstić information content (AvgIpc) is 2.47. The summed E-state index contributed by atoms with van der Waals surface area (Å²) in [4.78, 5) is 18.8. The van der Waals surface area contributed by atoms with E-state index in [-0.39, 0.29) is 12.2 Å². The van der Waals surface area contributed by atoms with Crippen LogP contribution in [0.5, 0.6) is 0 Å². The van der Waals surface area contributed by atoms with Crippen LogP contribution in [0.2, 0.25) is 0 Å². The number of likely N-dealkylation sites (tertiary alicyclic amines) is 1. The number of allylic oxidation sites excluding steroid dienone is 1. The van der Waals surface area contributed by atoms with Crippen molar-refractivity contribution in [3.8, 4) is 0 Å². The van der Waals surface area contributed by atoms with E-state index in [9.17, 15) is 4.79 Å². The zero-order valence-electron chi connectivity index (χ0n) is 12.4. The number of carbonyl (C=O) groups excluding carboxylic acids is 1. The summed E-state index contributed by atoms with van der Waals surface area (Å²) in [7, 11) is 0. The number of oxime groups is 1. The molecular weight excluding hydrogens is 256 g/mol. The number of amides is 1. The predicted molar refractivity (Wildman–Crippen MR) is 76.3 cm³/mol. The number of hydrogen-bond acceptors (Lipinski definition) is 4. The van der Waals surface area contributed by atoms with Crippen LogP contribution >= 0.6 is 0 Å². The summed E-state index contributed by atoms with van der Waals surface area (Å²) in [6, 6.07) is 0. The minimum Gasteiger partial charge on any atom is -0.447 e. The molecule has 0 aromatic heterocycles. The standard InChI is InChI=1S/C15H22N2O3/c1-4-13-5-6-14(16-20-13)12-7-9-17(10-8-12)15(18)19-11(2)3/h6,11-12H,4,7-10H2,1-3H3. The smallest absolute Gasteiger partial charge is 0.410 e. The third-order valence-electron chi connectivity index (χ3n) is 3.47. The Labute approximate surface area is 119 Å². The summed E-state index contributed by atoms with van der Waals surface area (Å²) in [5.74, 6) is 1.11. The van der Waals surface area contributed by atoms with E-state index in [0.717, 1.165) is 30.7 Å². The Hall–Kier alpha value is -1.74. The van der Waals surface area contributed by atoms with Crippen molar-refractivity contribution >= 4 is 11.8 Å². The normalized spacial score (nSPS) is 19.5. The Kier molecular flexibility index (Phi) is 4.85. The number of rotatable bonds is 3. The molecule has 0 aromatic carbocycles. The van der Waals surface area contributed by atoms with Crippen molar-refractivity contribution < 1.29 is 14.4 Å². The summed E-state index contributed by atoms with van der Waals surface area (Å²) < 4.78 is 5.21. The number of piperidine rings is 1. The van der Waals surface area contributed by atoms with Gasteiger partial charge in [0.1, 0.15) is 0 Å². The summed E-state index contributed by atoms with van der Waals surface area (Å²) in [6.45, 7) is 7.14. The van der Waals surface area contributed by atoms with Gasteiger partial charge in [0, 0.05) is 31.5 Å². The van der Waals surface area contributed by atoms with Crippen LogP contribution in [-0.4, -0.2) is 35.9 Å². The molecule has 0 bridgehead atoms. The molecule has 0 N–H and O–H groups in total. The summed E-state index contributed by atoms with van der Waals surface area (Å²) in [6.07, 6.45) is 4.19. The highest BCUT2D eigenvalue weighted by Gasteiger charge is 2.27. The second-order valence-corrected chi connectivity index (χ2v) is 5.37. The number of hydrogen-bond donors (Lipinski definition) is 0. The quantitative estimate of drug-likeness (QED) is 0.745. The first-order valence-electron chi connectivity index (χ1n) is 7.26. The van der Waals surface area contributed by atoms with E-state index >= 15 is 0 Å². The van der Waals surface area contributed by atoms with Gasteiger partial charge in [-0.3, -0.25) is 0 Å². The molecule has 2 heterocycles. The van der Waals surface area contributed by atoms with Gasteiger partial charge in [-0.2, -0.15) is 0 Å². The van der Waals surface area contributed by atoms with Gasteiger partial charge in [0.15, 0.2) is 5.76 Å². The van der Waals surface area contributed by atoms with E-state index in [4.69, 9.17) is 9.57 Å². The molecule has 0 radical (unpaired) electrons. The second-order valence-electron chi connectivity index (χ2n) is 5.37. The molecule has 20 heavy (non-hydrogen) atoms. The molecule has 0 aliphatic carbocycles. The molecular formula is C15H22N2O3. The average molecular weight is 278 g/mol. The monoisotopic (exact) mass is 278 g/mol. The third kappa shape index (κ3) is 3.64. The molecule has 1 amide bonds. The van der Waals surface area contributed by atoms with Gasteiger partial charge in [0.05, 0.1) is 11.8 Å². The van der Waals surface area contributed by atoms with Crippen LogP contribution in [-0.2, 0) is 9.57 Å². The minimum absolute atomic E-state index is 0.0723. The zero-order chi connectivity index (χ0) is 14.5. The van der Waals surface area contributed by atoms with Crippen molar-refractivity contribution in [1.82, 2.24) is 4.90 Å². The Balaban J connectivity index is 1.86. The first-order chi connectivity index (χ1) is 9.60. The zero-order valence-corrected chi connectivity index (χ0v) is 12.4. The predicted octanol–water partition coefficient (Wildman–Crippen LogP) is 3.08. The maximum atomic E-state index is 11.8. The van der Waals surface area contributed by atoms with Gasteiger partial charge in [0.2, 0.25) is 0 Å². The van der Waals surface area contributed by atoms with Crippen molar-refractivity contribution in [2.24, 2.45) is 11.1 Å². The van der Waals surface area contributed by atoms with Crippen molar-refractivity contribution in [1.29, 1.82) is 0 Å². The lowest BCUT2D eigenvalue weighted by Gasteiger charge is -2.31. The highest BCUT2D eigenvalue weighted by molar-refractivity contribution is 5.96. The number of nitrogens with zero attached hydrogens (tertiary/aromatic N) is 2. The highest BCUT2D eigenvalue weighted by atomic mass is 16.6. The van der Waals surface area contributed by atoms with Crippen LogP contribution in [0.15, 0.2) is 22.7 Å². The second kappa shape index (κ2) is 6.62. The fourth-order valence-corrected chi connectivity index (χ4v) is 2.31. The first kappa shape index (κ1) is 14.7. The fourth-order valence-electron chi connectivity index (χ4n) is 2.31. The number of carbonyl (C=O) groups is 1. The van der Waals surface area contributed by atoms with E-state index < -0.39 is 0 Å². The lowest BCUT2D eigenvalue weighted by Crippen LogP contribution is -2.41. The molecule has 0 aromatic rings. The van der Waals surface area contributed by atoms with Crippen LogP contribution < -0.4 is 0 Å². The topological polar surface area (TPSA) is 51.1 Å². The molecule has 2 aliphatic rings. The Morgan fingerprint density at radius 1 is 1.55 bits per heavy atom. The molecule has 0 atom stereocenters. The van der Waals surface area contributed by atoms with Crippen molar-refractivity contribution in [3.05, 3.63) is 17.6 Å². The molecule has 0 spiro atoms. The van der Waals surface area contributed by atoms with Crippen molar-refractivity contribution in [3.63, 3.8) is 0 Å². The van der Waals surface area contributed by atoms with Gasteiger partial charge in [-0.1, -0.05) is 17.8 Å². The number of ether oxygens (including phenoxy) is 1. The molecule has 2 rings (SSSR count). The van der Waals surface area contributed by atoms with Gasteiger partial charge in [0.25, 0.3) is 0 Å². The highest BCUT2D eigenvalue weighted by Crippen LogP contribution is 2.22. The molecule has 2 aliphatic heterocycles. The molecule has 5 heteroatoms. The fraction of sp³-hybridized carbons (Fsp3) is 0.667. The van der Waals surface area contributed by atoms with Gasteiger partial charge in [-0.25, -0.2) is 4.79 Å². The molecule has 110 valence electrons. The van der Waals surface area contributed by atoms with Gasteiger partial charge in [-0.05, 0) is 26.7 Å². The lowest BCUT2D eigenvalue weighted by atomic mass is 9.92. The molecule has 1 fully saturated rings. The van der Waals surface area contributed by atoms with Gasteiger partial charge < -0.3 is 14.5 Å². The molecule has 5 nitrogen and oxygen atoms in total. The van der Waals surface area contributed by atoms with E-state index in [1.165, 1.54) is 0 Å². The van der Waals surface area contributed by atoms with Crippen molar-refractivity contribution in [2.75, 3.05) is 13.1 Å². The SMILES string of the molecule is CCC1=C=CC(C2CCN(C(=O)OC(C)C)CC2)=NO1. The van der Waals surface area contributed by atoms with E-state index in [2.05, 4.69) is 10.9 Å². The first-order valence-corrected chi connectivity index (χ1v) is 7.26. The lowest BCUT2D eigenvalue weighted by molar-refractivity contribution is 0.0685. The Morgan fingerprint density at radius 3 is 2.75 bits per heavy atom. The minimum atomic E-state index is -0.219. The van der Waals surface area contributed by atoms with Crippen LogP contribution in [0.3, 0.4) is 0 Å². The largest absolute Gasteiger partial charge is 0.447 e. The summed E-state index contributed by atoms with van der Waals surface area (Å²) in [5, 5.41) is 4.15. The Morgan fingerprint density at radius 2 is 2.25 bits per heavy atom. The van der Waals surface area contributed by atoms with Crippen LogP contribution in [0.25, 0.3) is 0 Å². The molecule has 0 saturated carbocycles. The van der Waals surface area contributed by atoms with Crippen LogP contribution in [0.1, 0.15) is 40.0 Å². The van der Waals surface area contributed by atoms with Gasteiger partial charge >= 0.3 is 6.09 Å². The summed E-state index contributed by atoms with van der Waals surface area (Å²) in [5.41, 5.74) is 4.04. The van der Waals surface area contributed by atoms with Gasteiger partial charge in [-0.15, -0.1) is 0 Å². The Bertz CT molecular complexity index is 454. The van der Waals surface area contributed by atoms with E-state index in [1.54, 1.807) is 4.90 Å². The molecule has 0 unspecified atom stereocenters. The van der Waals surface area contributed by atoms with E-state index in [0.29, 0.717) is 19.0 Å². The van der Waals surface area contributed by atoms with Crippen LogP contribution in [0.4, 0.5) is 4.79 Å². The van der Waals surface area contributed by atoms with Crippen molar-refractivity contribution in [2.45, 2.75) is 46.1 Å². The molecule has 1 saturated heterocycles.